The lowest BCUT2D eigenvalue weighted by molar-refractivity contribution is -0.147. The molecule has 2 N–H and O–H groups in total. The smallest absolute Gasteiger partial charge is 0.322 e. The van der Waals surface area contributed by atoms with Crippen molar-refractivity contribution in [1.29, 1.82) is 0 Å². The number of nitrogens with zero attached hydrogens (tertiary/aromatic N) is 2. The van der Waals surface area contributed by atoms with Gasteiger partial charge in [-0.25, -0.2) is 8.42 Å². The summed E-state index contributed by atoms with van der Waals surface area (Å²) in [6.07, 6.45) is 1.67. The first-order chi connectivity index (χ1) is 8.76. The zero-order valence-electron chi connectivity index (χ0n) is 10.2. The number of methoxy groups -OCH3 is 1. The molecule has 0 fully saturated rings. The molecule has 0 aliphatic heterocycles. The first kappa shape index (κ1) is 15.1. The second kappa shape index (κ2) is 5.80. The molecule has 106 valence electrons. The predicted octanol–water partition coefficient (Wildman–Crippen LogP) is -1.29. The Morgan fingerprint density at radius 3 is 2.63 bits per heavy atom. The van der Waals surface area contributed by atoms with Crippen molar-refractivity contribution < 1.29 is 27.9 Å². The number of aromatic nitrogens is 2. The summed E-state index contributed by atoms with van der Waals surface area (Å²) >= 11 is 0. The van der Waals surface area contributed by atoms with Crippen LogP contribution in [0.15, 0.2) is 17.3 Å². The molecule has 0 saturated carbocycles. The number of hydrogen-bond acceptors (Lipinski definition) is 6. The Bertz CT molecular complexity index is 579. The van der Waals surface area contributed by atoms with Crippen LogP contribution in [-0.2, 0) is 31.4 Å². The molecule has 0 aliphatic carbocycles. The third-order valence-corrected chi connectivity index (χ3v) is 3.61. The second-order valence-electron chi connectivity index (χ2n) is 3.64. The van der Waals surface area contributed by atoms with Crippen molar-refractivity contribution in [1.82, 2.24) is 14.5 Å². The van der Waals surface area contributed by atoms with Crippen LogP contribution in [0.2, 0.25) is 0 Å². The number of carboxylic acid groups (broad SMARTS) is 1. The standard InChI is InChI=1S/C9H13N3O6S/c1-12-5-6(4-10-12)19(16,17)11-7(9(14)15)3-8(13)18-2/h4-5,7,11H,3H2,1-2H3,(H,14,15)/t7-/m0/s1. The van der Waals surface area contributed by atoms with Gasteiger partial charge in [0.1, 0.15) is 10.9 Å². The maximum absolute atomic E-state index is 11.9. The summed E-state index contributed by atoms with van der Waals surface area (Å²) in [5.74, 6) is -2.31. The summed E-state index contributed by atoms with van der Waals surface area (Å²) in [5, 5.41) is 12.5. The molecular weight excluding hydrogens is 278 g/mol. The van der Waals surface area contributed by atoms with E-state index in [2.05, 4.69) is 9.84 Å². The number of rotatable bonds is 6. The van der Waals surface area contributed by atoms with Gasteiger partial charge in [0, 0.05) is 13.2 Å². The highest BCUT2D eigenvalue weighted by Crippen LogP contribution is 2.08. The number of hydrogen-bond donors (Lipinski definition) is 2. The van der Waals surface area contributed by atoms with Crippen LogP contribution in [0, 0.1) is 0 Å². The lowest BCUT2D eigenvalue weighted by Crippen LogP contribution is -2.42. The fourth-order valence-electron chi connectivity index (χ4n) is 1.22. The quantitative estimate of drug-likeness (QED) is 0.624. The molecule has 0 radical (unpaired) electrons. The van der Waals surface area contributed by atoms with Gasteiger partial charge >= 0.3 is 11.9 Å². The largest absolute Gasteiger partial charge is 0.480 e. The molecule has 0 spiro atoms. The molecule has 0 bridgehead atoms. The Morgan fingerprint density at radius 1 is 1.58 bits per heavy atom. The topological polar surface area (TPSA) is 128 Å². The van der Waals surface area contributed by atoms with E-state index in [1.165, 1.54) is 17.9 Å². The van der Waals surface area contributed by atoms with E-state index in [0.29, 0.717) is 0 Å². The van der Waals surface area contributed by atoms with E-state index < -0.39 is 34.4 Å². The third kappa shape index (κ3) is 4.03. The van der Waals surface area contributed by atoms with Crippen LogP contribution in [0.5, 0.6) is 0 Å². The van der Waals surface area contributed by atoms with E-state index in [1.807, 2.05) is 4.72 Å². The normalized spacial score (nSPS) is 12.9. The summed E-state index contributed by atoms with van der Waals surface area (Å²) in [5.41, 5.74) is 0. The molecule has 0 aliphatic rings. The number of aryl methyl sites for hydroxylation is 1. The first-order valence-electron chi connectivity index (χ1n) is 5.07. The van der Waals surface area contributed by atoms with E-state index in [1.54, 1.807) is 0 Å². The Hall–Kier alpha value is -1.94. The molecule has 9 nitrogen and oxygen atoms in total. The van der Waals surface area contributed by atoms with Crippen molar-refractivity contribution in [2.45, 2.75) is 17.4 Å². The van der Waals surface area contributed by atoms with Crippen LogP contribution in [0.25, 0.3) is 0 Å². The van der Waals surface area contributed by atoms with Crippen LogP contribution < -0.4 is 4.72 Å². The van der Waals surface area contributed by atoms with Gasteiger partial charge in [0.25, 0.3) is 0 Å². The number of aliphatic carboxylic acids is 1. The Balaban J connectivity index is 2.90. The maximum Gasteiger partial charge on any atom is 0.322 e. The van der Waals surface area contributed by atoms with Crippen molar-refractivity contribution in [2.75, 3.05) is 7.11 Å². The summed E-state index contributed by atoms with van der Waals surface area (Å²) in [4.78, 5) is 21.7. The minimum Gasteiger partial charge on any atom is -0.480 e. The average Bonchev–Trinajstić information content (AvgIpc) is 2.75. The summed E-state index contributed by atoms with van der Waals surface area (Å²) in [7, 11) is -1.46. The molecular formula is C9H13N3O6S. The lowest BCUT2D eigenvalue weighted by atomic mass is 10.2. The van der Waals surface area contributed by atoms with Gasteiger partial charge in [-0.1, -0.05) is 0 Å². The van der Waals surface area contributed by atoms with E-state index in [-0.39, 0.29) is 4.90 Å². The maximum atomic E-state index is 11.9. The zero-order chi connectivity index (χ0) is 14.6. The van der Waals surface area contributed by atoms with Crippen LogP contribution >= 0.6 is 0 Å². The van der Waals surface area contributed by atoms with Gasteiger partial charge in [-0.3, -0.25) is 14.3 Å². The van der Waals surface area contributed by atoms with Crippen molar-refractivity contribution in [2.24, 2.45) is 7.05 Å². The second-order valence-corrected chi connectivity index (χ2v) is 5.36. The van der Waals surface area contributed by atoms with Crippen LogP contribution in [0.3, 0.4) is 0 Å². The number of ether oxygens (including phenoxy) is 1. The van der Waals surface area contributed by atoms with E-state index >= 15 is 0 Å². The van der Waals surface area contributed by atoms with Gasteiger partial charge < -0.3 is 9.84 Å². The Labute approximate surface area is 109 Å². The Morgan fingerprint density at radius 2 is 2.21 bits per heavy atom. The molecule has 1 aromatic heterocycles. The number of carbonyl (C=O) groups is 2. The minimum atomic E-state index is -4.06. The van der Waals surface area contributed by atoms with Gasteiger partial charge in [-0.05, 0) is 0 Å². The molecule has 19 heavy (non-hydrogen) atoms. The molecule has 0 unspecified atom stereocenters. The molecule has 10 heteroatoms. The number of nitrogens with one attached hydrogen (secondary N) is 1. The van der Waals surface area contributed by atoms with Gasteiger partial charge in [-0.2, -0.15) is 9.82 Å². The van der Waals surface area contributed by atoms with Gasteiger partial charge in [0.15, 0.2) is 0 Å². The highest BCUT2D eigenvalue weighted by molar-refractivity contribution is 7.89. The number of esters is 1. The van der Waals surface area contributed by atoms with E-state index in [4.69, 9.17) is 5.11 Å². The highest BCUT2D eigenvalue weighted by Gasteiger charge is 2.28. The zero-order valence-corrected chi connectivity index (χ0v) is 11.0. The van der Waals surface area contributed by atoms with Crippen LogP contribution in [0.4, 0.5) is 0 Å². The predicted molar refractivity (Wildman–Crippen MR) is 61.6 cm³/mol. The van der Waals surface area contributed by atoms with Crippen LogP contribution in [0.1, 0.15) is 6.42 Å². The SMILES string of the molecule is COC(=O)C[C@H](NS(=O)(=O)c1cnn(C)c1)C(=O)O. The lowest BCUT2D eigenvalue weighted by Gasteiger charge is -2.12. The van der Waals surface area contributed by atoms with Gasteiger partial charge in [0.05, 0.1) is 19.7 Å². The minimum absolute atomic E-state index is 0.189. The van der Waals surface area contributed by atoms with Gasteiger partial charge in [0.2, 0.25) is 10.0 Å². The fourth-order valence-corrected chi connectivity index (χ4v) is 2.39. The number of carbonyl (C=O) groups excluding carboxylic acids is 1. The van der Waals surface area contributed by atoms with E-state index in [0.717, 1.165) is 13.3 Å². The number of sulfonamides is 1. The Kier molecular flexibility index (Phi) is 4.62. The van der Waals surface area contributed by atoms with Gasteiger partial charge in [-0.15, -0.1) is 0 Å². The summed E-state index contributed by atoms with van der Waals surface area (Å²) in [6, 6.07) is -1.60. The molecule has 0 aromatic carbocycles. The number of carboxylic acids is 1. The monoisotopic (exact) mass is 291 g/mol. The summed E-state index contributed by atoms with van der Waals surface area (Å²) < 4.78 is 31.2. The van der Waals surface area contributed by atoms with Crippen molar-refractivity contribution in [3.05, 3.63) is 12.4 Å². The first-order valence-corrected chi connectivity index (χ1v) is 6.55. The molecule has 0 saturated heterocycles. The molecule has 0 amide bonds. The average molecular weight is 291 g/mol. The fraction of sp³-hybridized carbons (Fsp3) is 0.444. The summed E-state index contributed by atoms with van der Waals surface area (Å²) in [6.45, 7) is 0. The molecule has 1 atom stereocenters. The molecule has 1 aromatic rings. The van der Waals surface area contributed by atoms with Crippen molar-refractivity contribution in [3.63, 3.8) is 0 Å². The van der Waals surface area contributed by atoms with Crippen molar-refractivity contribution >= 4 is 22.0 Å². The third-order valence-electron chi connectivity index (χ3n) is 2.19. The van der Waals surface area contributed by atoms with Crippen molar-refractivity contribution in [3.8, 4) is 0 Å². The van der Waals surface area contributed by atoms with E-state index in [9.17, 15) is 18.0 Å². The molecule has 1 heterocycles. The van der Waals surface area contributed by atoms with Crippen LogP contribution in [-0.4, -0.2) is 48.4 Å². The molecule has 1 rings (SSSR count). The highest BCUT2D eigenvalue weighted by atomic mass is 32.2.